The monoisotopic (exact) mass is 215 g/mol. The van der Waals surface area contributed by atoms with Gasteiger partial charge in [-0.05, 0) is 27.2 Å². The largest absolute Gasteiger partial charge is 0.444 e. The number of amides is 1. The Morgan fingerprint density at radius 1 is 1.53 bits per heavy atom. The molecule has 2 rings (SSSR count). The lowest BCUT2D eigenvalue weighted by atomic mass is 10.0. The van der Waals surface area contributed by atoms with Gasteiger partial charge < -0.3 is 4.74 Å². The highest BCUT2D eigenvalue weighted by atomic mass is 17.1. The van der Waals surface area contributed by atoms with Crippen LogP contribution in [0.25, 0.3) is 0 Å². The molecule has 86 valence electrons. The molecule has 1 saturated heterocycles. The number of ether oxygens (including phenoxy) is 1. The van der Waals surface area contributed by atoms with Crippen molar-refractivity contribution in [1.29, 1.82) is 0 Å². The summed E-state index contributed by atoms with van der Waals surface area (Å²) < 4.78 is 5.26. The summed E-state index contributed by atoms with van der Waals surface area (Å²) in [6.45, 7) is 6.20. The summed E-state index contributed by atoms with van der Waals surface area (Å²) in [5, 5.41) is 8.56. The molecule has 0 radical (unpaired) electrons. The molecule has 1 N–H and O–H groups in total. The summed E-state index contributed by atoms with van der Waals surface area (Å²) in [5.74, 6) is 0. The maximum Gasteiger partial charge on any atom is 0.410 e. The summed E-state index contributed by atoms with van der Waals surface area (Å²) in [6, 6.07) is 0. The van der Waals surface area contributed by atoms with E-state index in [1.165, 1.54) is 0 Å². The van der Waals surface area contributed by atoms with Crippen LogP contribution in [0.15, 0.2) is 0 Å². The smallest absolute Gasteiger partial charge is 0.410 e. The van der Waals surface area contributed by atoms with E-state index >= 15 is 0 Å². The van der Waals surface area contributed by atoms with Crippen molar-refractivity contribution in [3.8, 4) is 0 Å². The number of hydrogen-bond donors (Lipinski definition) is 1. The predicted molar refractivity (Wildman–Crippen MR) is 52.4 cm³/mol. The Balaban J connectivity index is 1.93. The minimum atomic E-state index is -0.474. The van der Waals surface area contributed by atoms with Gasteiger partial charge in [-0.1, -0.05) is 0 Å². The minimum absolute atomic E-state index is 0.223. The second-order valence-electron chi connectivity index (χ2n) is 5.28. The average molecular weight is 215 g/mol. The number of carbonyl (C=O) groups is 1. The molecule has 2 fully saturated rings. The van der Waals surface area contributed by atoms with E-state index in [1.807, 2.05) is 20.8 Å². The van der Waals surface area contributed by atoms with Crippen LogP contribution in [0.4, 0.5) is 4.79 Å². The first-order valence-electron chi connectivity index (χ1n) is 5.20. The van der Waals surface area contributed by atoms with Crippen molar-refractivity contribution in [3.05, 3.63) is 0 Å². The SMILES string of the molecule is CC(C)(C)OC(=O)N1CC[C@]12CC2OO. The topological polar surface area (TPSA) is 59.0 Å². The van der Waals surface area contributed by atoms with Crippen LogP contribution in [-0.2, 0) is 9.62 Å². The molecule has 0 aromatic carbocycles. The molecule has 5 heteroatoms. The van der Waals surface area contributed by atoms with Gasteiger partial charge in [0.2, 0.25) is 0 Å². The number of hydrogen-bond acceptors (Lipinski definition) is 4. The van der Waals surface area contributed by atoms with Crippen molar-refractivity contribution in [2.45, 2.75) is 50.9 Å². The molecule has 0 aromatic heterocycles. The van der Waals surface area contributed by atoms with Gasteiger partial charge in [0.25, 0.3) is 0 Å². The van der Waals surface area contributed by atoms with Crippen molar-refractivity contribution < 1.29 is 19.7 Å². The van der Waals surface area contributed by atoms with Crippen LogP contribution in [0.5, 0.6) is 0 Å². The van der Waals surface area contributed by atoms with Crippen molar-refractivity contribution in [3.63, 3.8) is 0 Å². The van der Waals surface area contributed by atoms with Crippen LogP contribution in [0.3, 0.4) is 0 Å². The lowest BCUT2D eigenvalue weighted by molar-refractivity contribution is -0.264. The molecule has 15 heavy (non-hydrogen) atoms. The quantitative estimate of drug-likeness (QED) is 0.533. The van der Waals surface area contributed by atoms with Crippen molar-refractivity contribution in [2.75, 3.05) is 6.54 Å². The van der Waals surface area contributed by atoms with Crippen LogP contribution in [-0.4, -0.2) is 40.0 Å². The summed E-state index contributed by atoms with van der Waals surface area (Å²) in [7, 11) is 0. The van der Waals surface area contributed by atoms with Crippen molar-refractivity contribution >= 4 is 6.09 Å². The number of nitrogens with zero attached hydrogens (tertiary/aromatic N) is 1. The van der Waals surface area contributed by atoms with Gasteiger partial charge in [-0.15, -0.1) is 0 Å². The van der Waals surface area contributed by atoms with E-state index in [9.17, 15) is 4.79 Å². The lowest BCUT2D eigenvalue weighted by Gasteiger charge is -2.42. The van der Waals surface area contributed by atoms with E-state index < -0.39 is 5.60 Å². The van der Waals surface area contributed by atoms with Gasteiger partial charge >= 0.3 is 6.09 Å². The highest BCUT2D eigenvalue weighted by Gasteiger charge is 2.67. The molecule has 0 aromatic rings. The molecule has 2 aliphatic rings. The fraction of sp³-hybridized carbons (Fsp3) is 0.900. The summed E-state index contributed by atoms with van der Waals surface area (Å²) >= 11 is 0. The molecule has 1 aliphatic carbocycles. The first-order valence-corrected chi connectivity index (χ1v) is 5.20. The van der Waals surface area contributed by atoms with E-state index in [0.29, 0.717) is 13.0 Å². The zero-order chi connectivity index (χ0) is 11.3. The highest BCUT2D eigenvalue weighted by molar-refractivity contribution is 5.71. The molecule has 5 nitrogen and oxygen atoms in total. The Hall–Kier alpha value is -0.810. The van der Waals surface area contributed by atoms with E-state index in [-0.39, 0.29) is 17.7 Å². The molecule has 2 atom stereocenters. The molecule has 1 aliphatic heterocycles. The summed E-state index contributed by atoms with van der Waals surface area (Å²) in [4.78, 5) is 17.7. The third-order valence-corrected chi connectivity index (χ3v) is 3.03. The third kappa shape index (κ3) is 1.70. The second kappa shape index (κ2) is 3.09. The maximum absolute atomic E-state index is 11.7. The van der Waals surface area contributed by atoms with Gasteiger partial charge in [-0.25, -0.2) is 9.68 Å². The third-order valence-electron chi connectivity index (χ3n) is 3.03. The van der Waals surface area contributed by atoms with Gasteiger partial charge in [0.1, 0.15) is 11.7 Å². The van der Waals surface area contributed by atoms with Crippen LogP contribution < -0.4 is 0 Å². The first kappa shape index (κ1) is 10.7. The predicted octanol–water partition coefficient (Wildman–Crippen LogP) is 1.63. The number of likely N-dealkylation sites (tertiary alicyclic amines) is 1. The van der Waals surface area contributed by atoms with E-state index in [0.717, 1.165) is 6.42 Å². The Morgan fingerprint density at radius 3 is 2.53 bits per heavy atom. The molecule has 0 bridgehead atoms. The Morgan fingerprint density at radius 2 is 2.20 bits per heavy atom. The normalized spacial score (nSPS) is 33.9. The number of carbonyl (C=O) groups excluding carboxylic acids is 1. The van der Waals surface area contributed by atoms with E-state index in [1.54, 1.807) is 4.90 Å². The van der Waals surface area contributed by atoms with E-state index in [2.05, 4.69) is 4.89 Å². The fourth-order valence-corrected chi connectivity index (χ4v) is 2.05. The maximum atomic E-state index is 11.7. The van der Waals surface area contributed by atoms with E-state index in [4.69, 9.17) is 9.99 Å². The van der Waals surface area contributed by atoms with Crippen LogP contribution in [0.1, 0.15) is 33.6 Å². The van der Waals surface area contributed by atoms with Crippen LogP contribution >= 0.6 is 0 Å². The molecule has 1 heterocycles. The van der Waals surface area contributed by atoms with Crippen LogP contribution in [0.2, 0.25) is 0 Å². The molecule has 1 saturated carbocycles. The standard InChI is InChI=1S/C10H17NO4/c1-9(2,3)14-8(12)11-5-4-10(11)6-7(10)15-13/h7,13H,4-6H2,1-3H3/t7?,10-/m1/s1. The van der Waals surface area contributed by atoms with Gasteiger partial charge in [0.15, 0.2) is 0 Å². The van der Waals surface area contributed by atoms with Crippen molar-refractivity contribution in [1.82, 2.24) is 4.90 Å². The first-order chi connectivity index (χ1) is 6.89. The zero-order valence-electron chi connectivity index (χ0n) is 9.32. The average Bonchev–Trinajstić information content (AvgIpc) is 2.74. The van der Waals surface area contributed by atoms with Gasteiger partial charge in [0, 0.05) is 13.0 Å². The summed E-state index contributed by atoms with van der Waals surface area (Å²) in [5.41, 5.74) is -0.741. The Labute approximate surface area is 88.9 Å². The summed E-state index contributed by atoms with van der Waals surface area (Å²) in [6.07, 6.45) is 1.06. The second-order valence-corrected chi connectivity index (χ2v) is 5.28. The lowest BCUT2D eigenvalue weighted by Crippen LogP contribution is -2.56. The zero-order valence-corrected chi connectivity index (χ0v) is 9.32. The molecule has 1 unspecified atom stereocenters. The molecule has 1 spiro atoms. The fourth-order valence-electron chi connectivity index (χ4n) is 2.05. The van der Waals surface area contributed by atoms with Gasteiger partial charge in [0.05, 0.1) is 5.54 Å². The molecular formula is C10H17NO4. The highest BCUT2D eigenvalue weighted by Crippen LogP contribution is 2.53. The minimum Gasteiger partial charge on any atom is -0.444 e. The van der Waals surface area contributed by atoms with Crippen molar-refractivity contribution in [2.24, 2.45) is 0 Å². The molecular weight excluding hydrogens is 198 g/mol. The van der Waals surface area contributed by atoms with Crippen LogP contribution in [0, 0.1) is 0 Å². The Bertz CT molecular complexity index is 286. The molecule has 1 amide bonds. The van der Waals surface area contributed by atoms with Gasteiger partial charge in [-0.2, -0.15) is 0 Å². The Kier molecular flexibility index (Phi) is 2.20. The number of rotatable bonds is 1. The van der Waals surface area contributed by atoms with Gasteiger partial charge in [-0.3, -0.25) is 10.2 Å².